The van der Waals surface area contributed by atoms with Gasteiger partial charge in [0.25, 0.3) is 0 Å². The second kappa shape index (κ2) is 5.34. The van der Waals surface area contributed by atoms with Crippen molar-refractivity contribution in [1.82, 2.24) is 0 Å². The van der Waals surface area contributed by atoms with Gasteiger partial charge in [0.1, 0.15) is 0 Å². The van der Waals surface area contributed by atoms with Crippen LogP contribution in [0.5, 0.6) is 0 Å². The van der Waals surface area contributed by atoms with Crippen molar-refractivity contribution in [3.8, 4) is 0 Å². The molecule has 0 saturated heterocycles. The maximum Gasteiger partial charge on any atom is 0.411 e. The highest BCUT2D eigenvalue weighted by Gasteiger charge is 2.72. The molecule has 0 N–H and O–H groups in total. The number of benzene rings is 2. The molecule has 2 aromatic rings. The largest absolute Gasteiger partial charge is 0.411 e. The van der Waals surface area contributed by atoms with Gasteiger partial charge in [-0.05, 0) is 18.1 Å². The number of halogens is 6. The van der Waals surface area contributed by atoms with Gasteiger partial charge in [0.15, 0.2) is 0 Å². The van der Waals surface area contributed by atoms with Crippen molar-refractivity contribution in [3.05, 3.63) is 71.3 Å². The minimum atomic E-state index is -5.53. The van der Waals surface area contributed by atoms with E-state index < -0.39 is 28.9 Å². The van der Waals surface area contributed by atoms with Crippen LogP contribution in [-0.4, -0.2) is 12.4 Å². The van der Waals surface area contributed by atoms with Crippen LogP contribution in [0.3, 0.4) is 0 Å². The lowest BCUT2D eigenvalue weighted by molar-refractivity contribution is -0.288. The van der Waals surface area contributed by atoms with E-state index in [1.165, 1.54) is 18.2 Å². The lowest BCUT2D eigenvalue weighted by Gasteiger charge is -2.38. The average Bonchev–Trinajstić information content (AvgIpc) is 2.39. The predicted molar refractivity (Wildman–Crippen MR) is 70.5 cm³/mol. The van der Waals surface area contributed by atoms with Crippen LogP contribution in [-0.2, 0) is 5.41 Å². The Balaban J connectivity index is 2.86. The quantitative estimate of drug-likeness (QED) is 0.650. The maximum atomic E-state index is 13.6. The second-order valence-electron chi connectivity index (χ2n) is 4.98. The van der Waals surface area contributed by atoms with Crippen LogP contribution in [0, 0.1) is 6.92 Å². The van der Waals surface area contributed by atoms with Crippen molar-refractivity contribution >= 4 is 0 Å². The SMILES string of the molecule is Cc1ccc(C(c2ccccc2)(C(F)(F)F)C(F)(F)F)cc1. The number of alkyl halides is 6. The summed E-state index contributed by atoms with van der Waals surface area (Å²) >= 11 is 0. The first-order chi connectivity index (χ1) is 10.1. The number of hydrogen-bond acceptors (Lipinski definition) is 0. The first-order valence-corrected chi connectivity index (χ1v) is 6.37. The first-order valence-electron chi connectivity index (χ1n) is 6.37. The standard InChI is InChI=1S/C16H12F6/c1-11-7-9-13(10-8-11)14(15(17,18)19,16(20,21)22)12-5-3-2-4-6-12/h2-10H,1H3. The maximum absolute atomic E-state index is 13.6. The van der Waals surface area contributed by atoms with Gasteiger partial charge in [0, 0.05) is 0 Å². The molecule has 6 heteroatoms. The van der Waals surface area contributed by atoms with E-state index in [0.29, 0.717) is 5.56 Å². The summed E-state index contributed by atoms with van der Waals surface area (Å²) in [5.74, 6) is 0. The summed E-state index contributed by atoms with van der Waals surface area (Å²) in [5.41, 5.74) is -5.16. The lowest BCUT2D eigenvalue weighted by Crippen LogP contribution is -2.54. The summed E-state index contributed by atoms with van der Waals surface area (Å²) in [7, 11) is 0. The number of aryl methyl sites for hydroxylation is 1. The van der Waals surface area contributed by atoms with Gasteiger partial charge in [0.2, 0.25) is 5.41 Å². The Morgan fingerprint density at radius 3 is 1.41 bits per heavy atom. The Hall–Kier alpha value is -1.98. The highest BCUT2D eigenvalue weighted by atomic mass is 19.4. The zero-order valence-electron chi connectivity index (χ0n) is 11.5. The number of rotatable bonds is 2. The van der Waals surface area contributed by atoms with E-state index in [0.717, 1.165) is 36.4 Å². The number of hydrogen-bond donors (Lipinski definition) is 0. The molecule has 0 unspecified atom stereocenters. The summed E-state index contributed by atoms with van der Waals surface area (Å²) in [6.45, 7) is 1.59. The van der Waals surface area contributed by atoms with Gasteiger partial charge >= 0.3 is 12.4 Å². The van der Waals surface area contributed by atoms with Crippen LogP contribution in [0.1, 0.15) is 16.7 Å². The molecule has 0 fully saturated rings. The monoisotopic (exact) mass is 318 g/mol. The molecule has 22 heavy (non-hydrogen) atoms. The normalized spacial score (nSPS) is 13.2. The van der Waals surface area contributed by atoms with Crippen LogP contribution >= 0.6 is 0 Å². The molecule has 0 radical (unpaired) electrons. The van der Waals surface area contributed by atoms with Crippen molar-refractivity contribution in [3.63, 3.8) is 0 Å². The molecule has 0 saturated carbocycles. The summed E-state index contributed by atoms with van der Waals surface area (Å²) in [5, 5.41) is 0. The van der Waals surface area contributed by atoms with Crippen molar-refractivity contribution in [2.24, 2.45) is 0 Å². The molecule has 0 nitrogen and oxygen atoms in total. The Kier molecular flexibility index (Phi) is 3.98. The fourth-order valence-corrected chi connectivity index (χ4v) is 2.47. The molecule has 0 atom stereocenters. The smallest absolute Gasteiger partial charge is 0.169 e. The predicted octanol–water partition coefficient (Wildman–Crippen LogP) is 5.41. The highest BCUT2D eigenvalue weighted by molar-refractivity contribution is 5.44. The van der Waals surface area contributed by atoms with E-state index in [1.807, 2.05) is 0 Å². The van der Waals surface area contributed by atoms with Crippen LogP contribution in [0.2, 0.25) is 0 Å². The van der Waals surface area contributed by atoms with Crippen molar-refractivity contribution in [2.45, 2.75) is 24.7 Å². The van der Waals surface area contributed by atoms with E-state index in [9.17, 15) is 26.3 Å². The van der Waals surface area contributed by atoms with Crippen molar-refractivity contribution < 1.29 is 26.3 Å². The molecule has 0 aliphatic heterocycles. The molecule has 0 heterocycles. The molecule has 0 aromatic heterocycles. The summed E-state index contributed by atoms with van der Waals surface area (Å²) in [4.78, 5) is 0. The summed E-state index contributed by atoms with van der Waals surface area (Å²) < 4.78 is 81.7. The second-order valence-corrected chi connectivity index (χ2v) is 4.98. The van der Waals surface area contributed by atoms with Crippen molar-refractivity contribution in [2.75, 3.05) is 0 Å². The van der Waals surface area contributed by atoms with Gasteiger partial charge in [-0.3, -0.25) is 0 Å². The van der Waals surface area contributed by atoms with Gasteiger partial charge in [0.05, 0.1) is 0 Å². The summed E-state index contributed by atoms with van der Waals surface area (Å²) in [6.07, 6.45) is -11.1. The molecule has 0 spiro atoms. The van der Waals surface area contributed by atoms with E-state index >= 15 is 0 Å². The molecule has 0 amide bonds. The molecule has 0 bridgehead atoms. The molecular weight excluding hydrogens is 306 g/mol. The van der Waals surface area contributed by atoms with E-state index in [1.54, 1.807) is 6.92 Å². The highest BCUT2D eigenvalue weighted by Crippen LogP contribution is 2.56. The minimum Gasteiger partial charge on any atom is -0.169 e. The topological polar surface area (TPSA) is 0 Å². The molecule has 118 valence electrons. The third-order valence-electron chi connectivity index (χ3n) is 3.54. The van der Waals surface area contributed by atoms with Gasteiger partial charge < -0.3 is 0 Å². The van der Waals surface area contributed by atoms with Crippen LogP contribution in [0.15, 0.2) is 54.6 Å². The van der Waals surface area contributed by atoms with Gasteiger partial charge in [-0.2, -0.15) is 26.3 Å². The molecule has 0 aliphatic rings. The van der Waals surface area contributed by atoms with Crippen LogP contribution in [0.4, 0.5) is 26.3 Å². The lowest BCUT2D eigenvalue weighted by atomic mass is 9.73. The Morgan fingerprint density at radius 1 is 0.591 bits per heavy atom. The van der Waals surface area contributed by atoms with Crippen molar-refractivity contribution in [1.29, 1.82) is 0 Å². The Morgan fingerprint density at radius 2 is 1.00 bits per heavy atom. The minimum absolute atomic E-state index is 0.579. The molecule has 0 aliphatic carbocycles. The Bertz CT molecular complexity index is 608. The van der Waals surface area contributed by atoms with Gasteiger partial charge in [-0.15, -0.1) is 0 Å². The summed E-state index contributed by atoms with van der Waals surface area (Å²) in [6, 6.07) is 9.63. The van der Waals surface area contributed by atoms with Gasteiger partial charge in [-0.25, -0.2) is 0 Å². The molecule has 2 rings (SSSR count). The van der Waals surface area contributed by atoms with E-state index in [4.69, 9.17) is 0 Å². The molecule has 2 aromatic carbocycles. The zero-order chi connectivity index (χ0) is 16.6. The molecular formula is C16H12F6. The van der Waals surface area contributed by atoms with E-state index in [-0.39, 0.29) is 0 Å². The fraction of sp³-hybridized carbons (Fsp3) is 0.250. The first kappa shape index (κ1) is 16.4. The zero-order valence-corrected chi connectivity index (χ0v) is 11.5. The van der Waals surface area contributed by atoms with Crippen LogP contribution in [0.25, 0.3) is 0 Å². The Labute approximate surface area is 123 Å². The third kappa shape index (κ3) is 2.46. The van der Waals surface area contributed by atoms with Crippen LogP contribution < -0.4 is 0 Å². The fourth-order valence-electron chi connectivity index (χ4n) is 2.47. The average molecular weight is 318 g/mol. The van der Waals surface area contributed by atoms with Gasteiger partial charge in [-0.1, -0.05) is 60.2 Å². The van der Waals surface area contributed by atoms with E-state index in [2.05, 4.69) is 0 Å². The third-order valence-corrected chi connectivity index (χ3v) is 3.54.